The Kier molecular flexibility index (Phi) is 8.78. The van der Waals surface area contributed by atoms with Gasteiger partial charge in [0.25, 0.3) is 0 Å². The van der Waals surface area contributed by atoms with Crippen LogP contribution in [0.15, 0.2) is 65.3 Å². The molecule has 1 aliphatic rings. The first-order valence-corrected chi connectivity index (χ1v) is 11.5. The predicted octanol–water partition coefficient (Wildman–Crippen LogP) is 4.79. The summed E-state index contributed by atoms with van der Waals surface area (Å²) in [5, 5.41) is 11.8. The fraction of sp³-hybridized carbons (Fsp3) is 0.321. The molecule has 0 spiro atoms. The van der Waals surface area contributed by atoms with Crippen molar-refractivity contribution in [1.29, 1.82) is 5.26 Å². The van der Waals surface area contributed by atoms with Crippen molar-refractivity contribution in [2.75, 3.05) is 24.7 Å². The number of ether oxygens (including phenoxy) is 1. The third-order valence-corrected chi connectivity index (χ3v) is 5.98. The van der Waals surface area contributed by atoms with Crippen molar-refractivity contribution in [2.24, 2.45) is 4.99 Å². The van der Waals surface area contributed by atoms with Gasteiger partial charge in [-0.3, -0.25) is 9.79 Å². The average molecular weight is 457 g/mol. The lowest BCUT2D eigenvalue weighted by molar-refractivity contribution is -0.120. The summed E-state index contributed by atoms with van der Waals surface area (Å²) < 4.78 is 5.55. The molecule has 0 saturated carbocycles. The molecule has 0 bridgehead atoms. The van der Waals surface area contributed by atoms with Gasteiger partial charge < -0.3 is 15.0 Å². The normalized spacial score (nSPS) is 16.6. The Hall–Kier alpha value is -3.69. The van der Waals surface area contributed by atoms with Crippen LogP contribution in [-0.2, 0) is 16.1 Å². The fourth-order valence-electron chi connectivity index (χ4n) is 3.98. The van der Waals surface area contributed by atoms with Crippen molar-refractivity contribution in [1.82, 2.24) is 5.32 Å². The topological polar surface area (TPSA) is 77.7 Å². The van der Waals surface area contributed by atoms with E-state index in [9.17, 15) is 4.79 Å². The van der Waals surface area contributed by atoms with Gasteiger partial charge in [0.15, 0.2) is 0 Å². The summed E-state index contributed by atoms with van der Waals surface area (Å²) in [6.45, 7) is 12.8. The lowest BCUT2D eigenvalue weighted by atomic mass is 9.99. The summed E-state index contributed by atoms with van der Waals surface area (Å²) in [5.41, 5.74) is 6.81. The fourth-order valence-corrected chi connectivity index (χ4v) is 3.98. The molecule has 2 aromatic carbocycles. The van der Waals surface area contributed by atoms with Gasteiger partial charge in [0.1, 0.15) is 0 Å². The van der Waals surface area contributed by atoms with Gasteiger partial charge in [0, 0.05) is 30.5 Å². The van der Waals surface area contributed by atoms with Gasteiger partial charge in [0.2, 0.25) is 5.91 Å². The number of nitriles is 1. The van der Waals surface area contributed by atoms with Gasteiger partial charge in [-0.25, -0.2) is 0 Å². The van der Waals surface area contributed by atoms with Crippen LogP contribution in [0.2, 0.25) is 0 Å². The van der Waals surface area contributed by atoms with Crippen LogP contribution in [0.1, 0.15) is 42.5 Å². The maximum Gasteiger partial charge on any atom is 0.226 e. The van der Waals surface area contributed by atoms with E-state index in [-0.39, 0.29) is 12.3 Å². The summed E-state index contributed by atoms with van der Waals surface area (Å²) in [5.74, 6) is -0.130. The zero-order valence-corrected chi connectivity index (χ0v) is 20.2. The zero-order valence-electron chi connectivity index (χ0n) is 20.2. The van der Waals surface area contributed by atoms with E-state index >= 15 is 0 Å². The number of morpholine rings is 1. The summed E-state index contributed by atoms with van der Waals surface area (Å²) >= 11 is 0. The summed E-state index contributed by atoms with van der Waals surface area (Å²) in [6, 6.07) is 16.1. The van der Waals surface area contributed by atoms with Crippen LogP contribution in [0.5, 0.6) is 0 Å². The van der Waals surface area contributed by atoms with Gasteiger partial charge >= 0.3 is 0 Å². The van der Waals surface area contributed by atoms with Gasteiger partial charge in [-0.1, -0.05) is 24.3 Å². The molecule has 0 aliphatic carbocycles. The highest BCUT2D eigenvalue weighted by Crippen LogP contribution is 2.26. The molecule has 0 unspecified atom stereocenters. The second-order valence-electron chi connectivity index (χ2n) is 8.54. The average Bonchev–Trinajstić information content (AvgIpc) is 2.85. The Morgan fingerprint density at radius 3 is 2.71 bits per heavy atom. The van der Waals surface area contributed by atoms with Gasteiger partial charge in [-0.2, -0.15) is 5.26 Å². The molecule has 0 radical (unpaired) electrons. The third-order valence-electron chi connectivity index (χ3n) is 5.98. The Bertz CT molecular complexity index is 1130. The minimum absolute atomic E-state index is 0.130. The SMILES string of the molecule is C=N/C(=C\C=C(/C)c1ccc(N2CCOC[C@@H]2C)cc1C)CC(=O)NCc1ccc(C#N)cc1. The largest absolute Gasteiger partial charge is 0.377 e. The van der Waals surface area contributed by atoms with E-state index in [1.54, 1.807) is 12.1 Å². The number of benzene rings is 2. The molecule has 2 aromatic rings. The van der Waals surface area contributed by atoms with E-state index < -0.39 is 0 Å². The molecule has 6 heteroatoms. The first-order valence-electron chi connectivity index (χ1n) is 11.5. The third kappa shape index (κ3) is 6.66. The number of nitrogens with one attached hydrogen (secondary N) is 1. The van der Waals surface area contributed by atoms with Crippen molar-refractivity contribution in [2.45, 2.75) is 39.8 Å². The number of hydrogen-bond acceptors (Lipinski definition) is 5. The molecule has 1 heterocycles. The van der Waals surface area contributed by atoms with Crippen molar-refractivity contribution in [3.63, 3.8) is 0 Å². The van der Waals surface area contributed by atoms with Crippen molar-refractivity contribution >= 4 is 23.9 Å². The maximum atomic E-state index is 12.4. The number of carbonyl (C=O) groups is 1. The number of anilines is 1. The number of nitrogens with zero attached hydrogens (tertiary/aromatic N) is 3. The minimum Gasteiger partial charge on any atom is -0.377 e. The molecule has 6 nitrogen and oxygen atoms in total. The number of carbonyl (C=O) groups excluding carboxylic acids is 1. The second kappa shape index (κ2) is 12.0. The van der Waals surface area contributed by atoms with Crippen molar-refractivity contribution < 1.29 is 9.53 Å². The lowest BCUT2D eigenvalue weighted by Crippen LogP contribution is -2.43. The molecule has 1 atom stereocenters. The smallest absolute Gasteiger partial charge is 0.226 e. The first kappa shape index (κ1) is 24.9. The number of aryl methyl sites for hydroxylation is 1. The first-order chi connectivity index (χ1) is 16.4. The van der Waals surface area contributed by atoms with Crippen LogP contribution in [0.4, 0.5) is 5.69 Å². The van der Waals surface area contributed by atoms with Gasteiger partial charge in [-0.05, 0) is 80.1 Å². The van der Waals surface area contributed by atoms with Crippen LogP contribution in [0.3, 0.4) is 0 Å². The van der Waals surface area contributed by atoms with Crippen LogP contribution in [0, 0.1) is 18.3 Å². The standard InChI is InChI=1S/C28H32N4O2/c1-20(27-12-11-26(15-21(27)2)32-13-14-34-19-22(32)3)5-10-25(30-4)16-28(33)31-18-24-8-6-23(17-29)7-9-24/h5-12,15,22H,4,13-14,16,18-19H2,1-3H3,(H,31,33)/b20-5+,25-10-/t22-/m0/s1. The second-order valence-corrected chi connectivity index (χ2v) is 8.54. The summed E-state index contributed by atoms with van der Waals surface area (Å²) in [7, 11) is 0. The number of rotatable bonds is 8. The van der Waals surface area contributed by atoms with E-state index in [4.69, 9.17) is 10.00 Å². The Balaban J connectivity index is 1.62. The van der Waals surface area contributed by atoms with Gasteiger partial charge in [-0.15, -0.1) is 0 Å². The molecule has 34 heavy (non-hydrogen) atoms. The maximum absolute atomic E-state index is 12.4. The van der Waals surface area contributed by atoms with E-state index in [0.29, 0.717) is 23.8 Å². The quantitative estimate of drug-likeness (QED) is 0.458. The number of allylic oxidation sites excluding steroid dienone is 3. The molecule has 1 saturated heterocycles. The Morgan fingerprint density at radius 1 is 1.29 bits per heavy atom. The molecule has 1 fully saturated rings. The van der Waals surface area contributed by atoms with Crippen molar-refractivity contribution in [3.8, 4) is 6.07 Å². The Morgan fingerprint density at radius 2 is 2.06 bits per heavy atom. The van der Waals surface area contributed by atoms with E-state index in [2.05, 4.69) is 67.0 Å². The number of aliphatic imine (C=N–C) groups is 1. The van der Waals surface area contributed by atoms with E-state index in [0.717, 1.165) is 36.5 Å². The number of hydrogen-bond donors (Lipinski definition) is 1. The molecule has 1 amide bonds. The monoisotopic (exact) mass is 456 g/mol. The molecular weight excluding hydrogens is 424 g/mol. The molecule has 3 rings (SSSR count). The minimum atomic E-state index is -0.130. The Labute approximate surface area is 202 Å². The van der Waals surface area contributed by atoms with E-state index in [1.165, 1.54) is 11.3 Å². The van der Waals surface area contributed by atoms with Crippen LogP contribution in [-0.4, -0.2) is 38.4 Å². The van der Waals surface area contributed by atoms with Crippen molar-refractivity contribution in [3.05, 3.63) is 82.6 Å². The highest BCUT2D eigenvalue weighted by molar-refractivity contribution is 5.79. The molecule has 1 aliphatic heterocycles. The van der Waals surface area contributed by atoms with Crippen LogP contribution < -0.4 is 10.2 Å². The highest BCUT2D eigenvalue weighted by atomic mass is 16.5. The zero-order chi connectivity index (χ0) is 24.5. The number of amides is 1. The molecule has 1 N–H and O–H groups in total. The highest BCUT2D eigenvalue weighted by Gasteiger charge is 2.19. The summed E-state index contributed by atoms with van der Waals surface area (Å²) in [6.07, 6.45) is 3.98. The predicted molar refractivity (Wildman–Crippen MR) is 138 cm³/mol. The molecule has 176 valence electrons. The summed E-state index contributed by atoms with van der Waals surface area (Å²) in [4.78, 5) is 18.8. The van der Waals surface area contributed by atoms with Crippen LogP contribution >= 0.6 is 0 Å². The van der Waals surface area contributed by atoms with E-state index in [1.807, 2.05) is 24.3 Å². The van der Waals surface area contributed by atoms with Gasteiger partial charge in [0.05, 0.1) is 31.3 Å². The molecular formula is C28H32N4O2. The van der Waals surface area contributed by atoms with Crippen LogP contribution in [0.25, 0.3) is 5.57 Å². The lowest BCUT2D eigenvalue weighted by Gasteiger charge is -2.35. The molecule has 0 aromatic heterocycles.